The zero-order valence-corrected chi connectivity index (χ0v) is 14.7. The van der Waals surface area contributed by atoms with Gasteiger partial charge in [-0.05, 0) is 36.6 Å². The normalized spacial score (nSPS) is 21.4. The topological polar surface area (TPSA) is 41.5 Å². The molecule has 0 unspecified atom stereocenters. The van der Waals surface area contributed by atoms with E-state index in [1.165, 1.54) is 5.56 Å². The third-order valence-corrected chi connectivity index (χ3v) is 5.34. The second-order valence-electron chi connectivity index (χ2n) is 7.20. The molecule has 4 heterocycles. The Labute approximate surface area is 149 Å². The molecule has 132 valence electrons. The van der Waals surface area contributed by atoms with Crippen LogP contribution >= 0.6 is 0 Å². The Morgan fingerprint density at radius 2 is 1.88 bits per heavy atom. The molecular weight excluding hydrogens is 312 g/mol. The maximum Gasteiger partial charge on any atom is 0.0833 e. The molecule has 2 aromatic heterocycles. The van der Waals surface area contributed by atoms with Crippen LogP contribution in [0.1, 0.15) is 24.1 Å². The molecule has 0 saturated carbocycles. The molecular formula is C20H26N4O. The van der Waals surface area contributed by atoms with Gasteiger partial charge in [0.15, 0.2) is 0 Å². The summed E-state index contributed by atoms with van der Waals surface area (Å²) in [7, 11) is 0. The smallest absolute Gasteiger partial charge is 0.0833 e. The van der Waals surface area contributed by atoms with Gasteiger partial charge in [-0.25, -0.2) is 0 Å². The first-order valence-corrected chi connectivity index (χ1v) is 9.19. The molecule has 0 atom stereocenters. The number of pyridine rings is 2. The monoisotopic (exact) mass is 338 g/mol. The Hall–Kier alpha value is -1.82. The SMILES string of the molecule is c1ccc(CN2CCC3(CC2)CN(Cc2cccnc2)CCO3)nc1. The highest BCUT2D eigenvalue weighted by atomic mass is 16.5. The lowest BCUT2D eigenvalue weighted by atomic mass is 9.89. The predicted octanol–water partition coefficient (Wildman–Crippen LogP) is 2.34. The van der Waals surface area contributed by atoms with Crippen LogP contribution in [0.15, 0.2) is 48.9 Å². The van der Waals surface area contributed by atoms with Crippen LogP contribution < -0.4 is 0 Å². The van der Waals surface area contributed by atoms with E-state index in [0.717, 1.165) is 64.4 Å². The van der Waals surface area contributed by atoms with Crippen LogP contribution in [0.4, 0.5) is 0 Å². The van der Waals surface area contributed by atoms with E-state index >= 15 is 0 Å². The summed E-state index contributed by atoms with van der Waals surface area (Å²) >= 11 is 0. The Bertz CT molecular complexity index is 656. The maximum atomic E-state index is 6.27. The number of likely N-dealkylation sites (tertiary alicyclic amines) is 1. The minimum Gasteiger partial charge on any atom is -0.372 e. The predicted molar refractivity (Wildman–Crippen MR) is 96.9 cm³/mol. The fraction of sp³-hybridized carbons (Fsp3) is 0.500. The van der Waals surface area contributed by atoms with Crippen LogP contribution in [0.2, 0.25) is 0 Å². The minimum absolute atomic E-state index is 0.0288. The van der Waals surface area contributed by atoms with Gasteiger partial charge in [0.1, 0.15) is 0 Å². The largest absolute Gasteiger partial charge is 0.372 e. The maximum absolute atomic E-state index is 6.27. The highest BCUT2D eigenvalue weighted by Crippen LogP contribution is 2.31. The minimum atomic E-state index is 0.0288. The highest BCUT2D eigenvalue weighted by Gasteiger charge is 2.39. The number of hydrogen-bond acceptors (Lipinski definition) is 5. The molecule has 25 heavy (non-hydrogen) atoms. The molecule has 0 aliphatic carbocycles. The molecule has 1 spiro atoms. The van der Waals surface area contributed by atoms with Gasteiger partial charge in [-0.15, -0.1) is 0 Å². The summed E-state index contributed by atoms with van der Waals surface area (Å²) in [5.41, 5.74) is 2.47. The number of rotatable bonds is 4. The van der Waals surface area contributed by atoms with Gasteiger partial charge in [0, 0.05) is 57.9 Å². The fourth-order valence-electron chi connectivity index (χ4n) is 3.95. The van der Waals surface area contributed by atoms with Crippen LogP contribution in [0.3, 0.4) is 0 Å². The van der Waals surface area contributed by atoms with Crippen molar-refractivity contribution in [1.82, 2.24) is 19.8 Å². The van der Waals surface area contributed by atoms with E-state index in [-0.39, 0.29) is 5.60 Å². The number of hydrogen-bond donors (Lipinski definition) is 0. The Morgan fingerprint density at radius 3 is 2.64 bits per heavy atom. The summed E-state index contributed by atoms with van der Waals surface area (Å²) in [6.45, 7) is 6.94. The molecule has 2 aliphatic heterocycles. The summed E-state index contributed by atoms with van der Waals surface area (Å²) in [5.74, 6) is 0. The molecule has 5 heteroatoms. The van der Waals surface area contributed by atoms with Gasteiger partial charge in [-0.3, -0.25) is 19.8 Å². The number of morpholine rings is 1. The Balaban J connectivity index is 1.32. The van der Waals surface area contributed by atoms with Gasteiger partial charge in [0.05, 0.1) is 17.9 Å². The van der Waals surface area contributed by atoms with Gasteiger partial charge in [-0.1, -0.05) is 12.1 Å². The summed E-state index contributed by atoms with van der Waals surface area (Å²) in [5, 5.41) is 0. The van der Waals surface area contributed by atoms with Gasteiger partial charge >= 0.3 is 0 Å². The second kappa shape index (κ2) is 7.60. The number of nitrogens with zero attached hydrogens (tertiary/aromatic N) is 4. The van der Waals surface area contributed by atoms with E-state index in [1.807, 2.05) is 30.7 Å². The molecule has 5 nitrogen and oxygen atoms in total. The van der Waals surface area contributed by atoms with Gasteiger partial charge in [-0.2, -0.15) is 0 Å². The molecule has 2 fully saturated rings. The first-order chi connectivity index (χ1) is 12.3. The lowest BCUT2D eigenvalue weighted by molar-refractivity contribution is -0.138. The zero-order chi connectivity index (χ0) is 17.0. The van der Waals surface area contributed by atoms with Crippen molar-refractivity contribution in [3.63, 3.8) is 0 Å². The van der Waals surface area contributed by atoms with Crippen molar-refractivity contribution in [2.24, 2.45) is 0 Å². The van der Waals surface area contributed by atoms with Crippen LogP contribution in [-0.2, 0) is 17.8 Å². The van der Waals surface area contributed by atoms with Crippen molar-refractivity contribution in [1.29, 1.82) is 0 Å². The molecule has 4 rings (SSSR count). The molecule has 0 amide bonds. The molecule has 0 bridgehead atoms. The van der Waals surface area contributed by atoms with Crippen molar-refractivity contribution < 1.29 is 4.74 Å². The van der Waals surface area contributed by atoms with Crippen LogP contribution in [-0.4, -0.2) is 58.2 Å². The second-order valence-corrected chi connectivity index (χ2v) is 7.20. The molecule has 0 radical (unpaired) electrons. The Morgan fingerprint density at radius 1 is 0.960 bits per heavy atom. The van der Waals surface area contributed by atoms with E-state index in [1.54, 1.807) is 0 Å². The summed E-state index contributed by atoms with van der Waals surface area (Å²) in [6, 6.07) is 10.3. The third kappa shape index (κ3) is 4.24. The lowest BCUT2D eigenvalue weighted by Crippen LogP contribution is -2.56. The highest BCUT2D eigenvalue weighted by molar-refractivity contribution is 5.09. The Kier molecular flexibility index (Phi) is 5.06. The average Bonchev–Trinajstić information content (AvgIpc) is 2.66. The van der Waals surface area contributed by atoms with E-state index in [9.17, 15) is 0 Å². The van der Waals surface area contributed by atoms with Crippen molar-refractivity contribution in [3.8, 4) is 0 Å². The zero-order valence-electron chi connectivity index (χ0n) is 14.7. The molecule has 2 aromatic rings. The van der Waals surface area contributed by atoms with Gasteiger partial charge < -0.3 is 4.74 Å². The molecule has 2 saturated heterocycles. The number of ether oxygens (including phenoxy) is 1. The number of piperidine rings is 1. The van der Waals surface area contributed by atoms with Crippen LogP contribution in [0.25, 0.3) is 0 Å². The van der Waals surface area contributed by atoms with Crippen molar-refractivity contribution in [2.75, 3.05) is 32.8 Å². The van der Waals surface area contributed by atoms with Crippen molar-refractivity contribution in [3.05, 3.63) is 60.2 Å². The summed E-state index contributed by atoms with van der Waals surface area (Å²) in [4.78, 5) is 13.7. The lowest BCUT2D eigenvalue weighted by Gasteiger charge is -2.47. The summed E-state index contributed by atoms with van der Waals surface area (Å²) < 4.78 is 6.27. The molecule has 2 aliphatic rings. The molecule has 0 N–H and O–H groups in total. The average molecular weight is 338 g/mol. The quantitative estimate of drug-likeness (QED) is 0.856. The number of aromatic nitrogens is 2. The molecule has 0 aromatic carbocycles. The van der Waals surface area contributed by atoms with Gasteiger partial charge in [0.2, 0.25) is 0 Å². The van der Waals surface area contributed by atoms with Crippen molar-refractivity contribution in [2.45, 2.75) is 31.5 Å². The van der Waals surface area contributed by atoms with Gasteiger partial charge in [0.25, 0.3) is 0 Å². The summed E-state index contributed by atoms with van der Waals surface area (Å²) in [6.07, 6.45) is 7.88. The van der Waals surface area contributed by atoms with Crippen LogP contribution in [0, 0.1) is 0 Å². The first-order valence-electron chi connectivity index (χ1n) is 9.19. The fourth-order valence-corrected chi connectivity index (χ4v) is 3.95. The van der Waals surface area contributed by atoms with E-state index in [4.69, 9.17) is 4.74 Å². The first kappa shape index (κ1) is 16.6. The standard InChI is InChI=1S/C20H26N4O/c1-2-9-22-19(5-1)16-23-10-6-20(7-11-23)17-24(12-13-25-20)15-18-4-3-8-21-14-18/h1-5,8-9,14H,6-7,10-13,15-17H2. The van der Waals surface area contributed by atoms with E-state index < -0.39 is 0 Å². The third-order valence-electron chi connectivity index (χ3n) is 5.34. The van der Waals surface area contributed by atoms with E-state index in [2.05, 4.69) is 38.0 Å². The van der Waals surface area contributed by atoms with Crippen LogP contribution in [0.5, 0.6) is 0 Å². The van der Waals surface area contributed by atoms with E-state index in [0.29, 0.717) is 0 Å². The van der Waals surface area contributed by atoms with Crippen molar-refractivity contribution >= 4 is 0 Å².